The first kappa shape index (κ1) is 17.2. The normalized spacial score (nSPS) is 15.4. The van der Waals surface area contributed by atoms with Gasteiger partial charge in [0.15, 0.2) is 0 Å². The second-order valence-corrected chi connectivity index (χ2v) is 7.65. The molecule has 4 heterocycles. The van der Waals surface area contributed by atoms with Crippen molar-refractivity contribution >= 4 is 11.3 Å². The van der Waals surface area contributed by atoms with E-state index >= 15 is 0 Å². The van der Waals surface area contributed by atoms with Gasteiger partial charge in [-0.25, -0.2) is 9.67 Å². The Morgan fingerprint density at radius 3 is 2.81 bits per heavy atom. The highest BCUT2D eigenvalue weighted by molar-refractivity contribution is 7.13. The van der Waals surface area contributed by atoms with Crippen LogP contribution in [0.4, 0.5) is 0 Å². The molecule has 0 N–H and O–H groups in total. The minimum absolute atomic E-state index is 0.0269. The molecule has 1 fully saturated rings. The fraction of sp³-hybridized carbons (Fsp3) is 0.421. The molecule has 26 heavy (non-hydrogen) atoms. The summed E-state index contributed by atoms with van der Waals surface area (Å²) in [5, 5.41) is 6.75. The number of hydrogen-bond donors (Lipinski definition) is 0. The van der Waals surface area contributed by atoms with Crippen LogP contribution in [0.2, 0.25) is 0 Å². The van der Waals surface area contributed by atoms with Gasteiger partial charge < -0.3 is 9.47 Å². The van der Waals surface area contributed by atoms with Crippen molar-refractivity contribution in [2.75, 3.05) is 19.6 Å². The first-order chi connectivity index (χ1) is 12.8. The fourth-order valence-electron chi connectivity index (χ4n) is 3.34. The van der Waals surface area contributed by atoms with Crippen molar-refractivity contribution in [3.8, 4) is 10.6 Å². The third-order valence-corrected chi connectivity index (χ3v) is 5.78. The first-order valence-corrected chi connectivity index (χ1v) is 10.00. The quantitative estimate of drug-likeness (QED) is 0.670. The molecule has 0 bridgehead atoms. The molecule has 1 saturated heterocycles. The van der Waals surface area contributed by atoms with Crippen LogP contribution in [-0.4, -0.2) is 43.9 Å². The lowest BCUT2D eigenvalue weighted by molar-refractivity contribution is 0.216. The molecule has 0 unspecified atom stereocenters. The number of hydrogen-bond acceptors (Lipinski definition) is 5. The lowest BCUT2D eigenvalue weighted by Crippen LogP contribution is -2.35. The second-order valence-electron chi connectivity index (χ2n) is 6.74. The number of likely N-dealkylation sites (tertiary alicyclic amines) is 1. The van der Waals surface area contributed by atoms with E-state index in [0.29, 0.717) is 6.54 Å². The summed E-state index contributed by atoms with van der Waals surface area (Å²) in [7, 11) is 0. The van der Waals surface area contributed by atoms with Crippen molar-refractivity contribution < 1.29 is 0 Å². The van der Waals surface area contributed by atoms with Crippen LogP contribution in [0.5, 0.6) is 0 Å². The first-order valence-electron chi connectivity index (χ1n) is 9.12. The van der Waals surface area contributed by atoms with Gasteiger partial charge in [0, 0.05) is 31.5 Å². The van der Waals surface area contributed by atoms with Gasteiger partial charge in [-0.15, -0.1) is 11.3 Å². The van der Waals surface area contributed by atoms with Gasteiger partial charge in [-0.3, -0.25) is 4.79 Å². The Labute approximate surface area is 156 Å². The van der Waals surface area contributed by atoms with E-state index in [4.69, 9.17) is 0 Å². The zero-order valence-electron chi connectivity index (χ0n) is 14.8. The van der Waals surface area contributed by atoms with Crippen LogP contribution in [0.15, 0.2) is 47.1 Å². The third kappa shape index (κ3) is 4.11. The largest absolute Gasteiger partial charge is 0.333 e. The summed E-state index contributed by atoms with van der Waals surface area (Å²) in [5.74, 6) is 0. The maximum atomic E-state index is 12.2. The van der Waals surface area contributed by atoms with Gasteiger partial charge in [0.1, 0.15) is 5.69 Å². The highest BCUT2D eigenvalue weighted by Gasteiger charge is 2.11. The monoisotopic (exact) mass is 369 g/mol. The predicted octanol–water partition coefficient (Wildman–Crippen LogP) is 2.70. The van der Waals surface area contributed by atoms with Crippen molar-refractivity contribution in [2.45, 2.75) is 32.4 Å². The SMILES string of the molecule is O=c1ccc(-c2cc(Cn3ccnc3)cs2)nn1CCN1CCCCC1. The third-order valence-electron chi connectivity index (χ3n) is 4.77. The Bertz CT molecular complexity index is 893. The summed E-state index contributed by atoms with van der Waals surface area (Å²) < 4.78 is 3.65. The van der Waals surface area contributed by atoms with Gasteiger partial charge in [0.2, 0.25) is 0 Å². The maximum absolute atomic E-state index is 12.2. The highest BCUT2D eigenvalue weighted by atomic mass is 32.1. The summed E-state index contributed by atoms with van der Waals surface area (Å²) in [5.41, 5.74) is 2.06. The Balaban J connectivity index is 1.46. The number of rotatable bonds is 6. The molecule has 0 aromatic carbocycles. The number of aromatic nitrogens is 4. The van der Waals surface area contributed by atoms with Crippen molar-refractivity contribution in [3.63, 3.8) is 0 Å². The average Bonchev–Trinajstić information content (AvgIpc) is 3.35. The Morgan fingerprint density at radius 2 is 2.00 bits per heavy atom. The van der Waals surface area contributed by atoms with E-state index < -0.39 is 0 Å². The van der Waals surface area contributed by atoms with Crippen molar-refractivity contribution in [2.24, 2.45) is 0 Å². The van der Waals surface area contributed by atoms with Gasteiger partial charge in [0.05, 0.1) is 17.7 Å². The van der Waals surface area contributed by atoms with E-state index in [-0.39, 0.29) is 5.56 Å². The number of piperidine rings is 1. The standard InChI is InChI=1S/C19H23N5OS/c25-19-5-4-17(21-24(19)11-10-22-7-2-1-3-8-22)18-12-16(14-26-18)13-23-9-6-20-15-23/h4-6,9,12,14-15H,1-3,7-8,10-11,13H2. The molecule has 7 heteroatoms. The van der Waals surface area contributed by atoms with Crippen LogP contribution >= 0.6 is 11.3 Å². The van der Waals surface area contributed by atoms with Crippen LogP contribution in [-0.2, 0) is 13.1 Å². The van der Waals surface area contributed by atoms with Crippen LogP contribution in [0.25, 0.3) is 10.6 Å². The van der Waals surface area contributed by atoms with Crippen LogP contribution in [0.3, 0.4) is 0 Å². The zero-order chi connectivity index (χ0) is 17.8. The van der Waals surface area contributed by atoms with E-state index in [1.807, 2.05) is 23.2 Å². The molecular weight excluding hydrogens is 346 g/mol. The Hall–Kier alpha value is -2.25. The van der Waals surface area contributed by atoms with Crippen molar-refractivity contribution in [3.05, 3.63) is 58.2 Å². The molecule has 136 valence electrons. The zero-order valence-corrected chi connectivity index (χ0v) is 15.6. The molecule has 0 amide bonds. The molecule has 3 aromatic rings. The minimum atomic E-state index is -0.0269. The molecule has 4 rings (SSSR count). The van der Waals surface area contributed by atoms with Crippen LogP contribution < -0.4 is 5.56 Å². The van der Waals surface area contributed by atoms with Gasteiger partial charge in [-0.2, -0.15) is 5.10 Å². The van der Waals surface area contributed by atoms with Gasteiger partial charge >= 0.3 is 0 Å². The molecule has 6 nitrogen and oxygen atoms in total. The topological polar surface area (TPSA) is 56.0 Å². The summed E-state index contributed by atoms with van der Waals surface area (Å²) >= 11 is 1.66. The van der Waals surface area contributed by atoms with Crippen LogP contribution in [0, 0.1) is 0 Å². The van der Waals surface area contributed by atoms with E-state index in [0.717, 1.165) is 36.8 Å². The van der Waals surface area contributed by atoms with E-state index in [1.165, 1.54) is 24.8 Å². The molecule has 1 aliphatic rings. The predicted molar refractivity (Wildman–Crippen MR) is 103 cm³/mol. The second kappa shape index (κ2) is 7.97. The smallest absolute Gasteiger partial charge is 0.266 e. The lowest BCUT2D eigenvalue weighted by atomic mass is 10.1. The van der Waals surface area contributed by atoms with Crippen LogP contribution in [0.1, 0.15) is 24.8 Å². The van der Waals surface area contributed by atoms with E-state index in [9.17, 15) is 4.79 Å². The summed E-state index contributed by atoms with van der Waals surface area (Å²) in [6.45, 7) is 4.62. The van der Waals surface area contributed by atoms with E-state index in [1.54, 1.807) is 28.3 Å². The maximum Gasteiger partial charge on any atom is 0.266 e. The highest BCUT2D eigenvalue weighted by Crippen LogP contribution is 2.25. The minimum Gasteiger partial charge on any atom is -0.333 e. The number of nitrogens with zero attached hydrogens (tertiary/aromatic N) is 5. The van der Waals surface area contributed by atoms with Gasteiger partial charge in [0.25, 0.3) is 5.56 Å². The molecule has 3 aromatic heterocycles. The number of thiophene rings is 1. The number of imidazole rings is 1. The Kier molecular flexibility index (Phi) is 5.26. The molecule has 0 radical (unpaired) electrons. The van der Waals surface area contributed by atoms with Crippen molar-refractivity contribution in [1.82, 2.24) is 24.2 Å². The van der Waals surface area contributed by atoms with Gasteiger partial charge in [-0.05, 0) is 49.0 Å². The summed E-state index contributed by atoms with van der Waals surface area (Å²) in [6, 6.07) is 5.60. The van der Waals surface area contributed by atoms with E-state index in [2.05, 4.69) is 26.4 Å². The summed E-state index contributed by atoms with van der Waals surface area (Å²) in [4.78, 5) is 19.8. The molecule has 0 saturated carbocycles. The molecule has 0 atom stereocenters. The molecule has 0 spiro atoms. The lowest BCUT2D eigenvalue weighted by Gasteiger charge is -2.26. The fourth-order valence-corrected chi connectivity index (χ4v) is 4.21. The molecular formula is C19H23N5OS. The molecule has 0 aliphatic carbocycles. The Morgan fingerprint density at radius 1 is 1.12 bits per heavy atom. The summed E-state index contributed by atoms with van der Waals surface area (Å²) in [6.07, 6.45) is 9.40. The average molecular weight is 369 g/mol. The van der Waals surface area contributed by atoms with Gasteiger partial charge in [-0.1, -0.05) is 6.42 Å². The molecule has 1 aliphatic heterocycles. The van der Waals surface area contributed by atoms with Crippen molar-refractivity contribution in [1.29, 1.82) is 0 Å².